The summed E-state index contributed by atoms with van der Waals surface area (Å²) in [6.07, 6.45) is 5.67. The number of ether oxygens (including phenoxy) is 1. The van der Waals surface area contributed by atoms with Gasteiger partial charge in [0.05, 0.1) is 18.4 Å². The summed E-state index contributed by atoms with van der Waals surface area (Å²) in [5.41, 5.74) is 0. The first-order chi connectivity index (χ1) is 14.0. The molecule has 0 saturated carbocycles. The average Bonchev–Trinajstić information content (AvgIpc) is 3.15. The molecule has 3 rings (SSSR count). The van der Waals surface area contributed by atoms with E-state index in [9.17, 15) is 8.42 Å². The number of hydrogen-bond donors (Lipinski definition) is 3. The first-order valence-corrected chi connectivity index (χ1v) is 12.1. The van der Waals surface area contributed by atoms with Crippen molar-refractivity contribution in [3.05, 3.63) is 11.6 Å². The Hall–Kier alpha value is -1.72. The van der Waals surface area contributed by atoms with Gasteiger partial charge in [-0.25, -0.2) is 22.8 Å². The van der Waals surface area contributed by atoms with Gasteiger partial charge in [-0.2, -0.15) is 5.10 Å². The van der Waals surface area contributed by atoms with Gasteiger partial charge < -0.3 is 15.4 Å². The van der Waals surface area contributed by atoms with Crippen molar-refractivity contribution in [1.29, 1.82) is 0 Å². The van der Waals surface area contributed by atoms with Crippen LogP contribution in [0.3, 0.4) is 0 Å². The fourth-order valence-electron chi connectivity index (χ4n) is 3.58. The van der Waals surface area contributed by atoms with Crippen LogP contribution in [0.15, 0.2) is 4.99 Å². The molecule has 2 unspecified atom stereocenters. The van der Waals surface area contributed by atoms with Crippen LogP contribution in [-0.4, -0.2) is 73.8 Å². The van der Waals surface area contributed by atoms with Crippen LogP contribution < -0.4 is 15.4 Å². The van der Waals surface area contributed by atoms with E-state index in [1.165, 1.54) is 0 Å². The monoisotopic (exact) mass is 427 g/mol. The maximum atomic E-state index is 12.2. The van der Waals surface area contributed by atoms with Crippen molar-refractivity contribution in [2.45, 2.75) is 64.1 Å². The first kappa shape index (κ1) is 22.0. The molecule has 2 atom stereocenters. The minimum Gasteiger partial charge on any atom is -0.377 e. The van der Waals surface area contributed by atoms with Crippen LogP contribution in [0.1, 0.15) is 44.3 Å². The van der Waals surface area contributed by atoms with Gasteiger partial charge in [-0.15, -0.1) is 0 Å². The van der Waals surface area contributed by atoms with Crippen molar-refractivity contribution < 1.29 is 13.2 Å². The number of nitrogens with zero attached hydrogens (tertiary/aromatic N) is 4. The van der Waals surface area contributed by atoms with E-state index < -0.39 is 10.0 Å². The fraction of sp³-hybridized carbons (Fsp3) is 0.833. The number of fused-ring (bicyclic) bond motifs is 1. The average molecular weight is 428 g/mol. The summed E-state index contributed by atoms with van der Waals surface area (Å²) in [6, 6.07) is 0.179. The summed E-state index contributed by atoms with van der Waals surface area (Å²) in [4.78, 5) is 8.74. The third-order valence-corrected chi connectivity index (χ3v) is 6.60. The van der Waals surface area contributed by atoms with Crippen LogP contribution >= 0.6 is 0 Å². The third-order valence-electron chi connectivity index (χ3n) is 5.25. The maximum absolute atomic E-state index is 12.2. The number of sulfonamides is 1. The number of aryl methyl sites for hydroxylation is 2. The molecule has 0 bridgehead atoms. The van der Waals surface area contributed by atoms with E-state index in [0.29, 0.717) is 19.1 Å². The van der Waals surface area contributed by atoms with E-state index in [1.54, 1.807) is 7.05 Å². The van der Waals surface area contributed by atoms with Crippen molar-refractivity contribution in [3.8, 4) is 0 Å². The zero-order valence-electron chi connectivity index (χ0n) is 17.4. The van der Waals surface area contributed by atoms with Crippen LogP contribution in [0.5, 0.6) is 0 Å². The number of nitrogens with one attached hydrogen (secondary N) is 3. The smallest absolute Gasteiger partial charge is 0.213 e. The molecule has 3 heterocycles. The molecule has 0 radical (unpaired) electrons. The van der Waals surface area contributed by atoms with Crippen LogP contribution in [0, 0.1) is 0 Å². The molecule has 3 N–H and O–H groups in total. The van der Waals surface area contributed by atoms with Crippen molar-refractivity contribution >= 4 is 16.0 Å². The minimum atomic E-state index is -3.36. The molecule has 0 amide bonds. The second-order valence-corrected chi connectivity index (χ2v) is 9.44. The highest BCUT2D eigenvalue weighted by Gasteiger charge is 2.22. The van der Waals surface area contributed by atoms with Crippen LogP contribution in [-0.2, 0) is 34.1 Å². The van der Waals surface area contributed by atoms with E-state index in [0.717, 1.165) is 56.7 Å². The van der Waals surface area contributed by atoms with Crippen LogP contribution in [0.2, 0.25) is 0 Å². The second kappa shape index (κ2) is 10.4. The third kappa shape index (κ3) is 6.65. The number of aromatic nitrogens is 3. The summed E-state index contributed by atoms with van der Waals surface area (Å²) in [7, 11) is -1.67. The zero-order chi connectivity index (χ0) is 20.7. The molecule has 1 fully saturated rings. The summed E-state index contributed by atoms with van der Waals surface area (Å²) in [6.45, 7) is 4.12. The minimum absolute atomic E-state index is 0.0119. The molecule has 1 aromatic rings. The molecule has 0 aromatic carbocycles. The van der Waals surface area contributed by atoms with Crippen molar-refractivity contribution in [3.63, 3.8) is 0 Å². The lowest BCUT2D eigenvalue weighted by atomic mass is 10.1. The predicted octanol–water partition coefficient (Wildman–Crippen LogP) is -0.191. The van der Waals surface area contributed by atoms with Crippen LogP contribution in [0.4, 0.5) is 0 Å². The Balaban J connectivity index is 1.40. The first-order valence-electron chi connectivity index (χ1n) is 10.5. The van der Waals surface area contributed by atoms with Gasteiger partial charge in [0.2, 0.25) is 10.0 Å². The Morgan fingerprint density at radius 2 is 2.21 bits per heavy atom. The molecule has 2 aliphatic rings. The predicted molar refractivity (Wildman–Crippen MR) is 111 cm³/mol. The van der Waals surface area contributed by atoms with Crippen molar-refractivity contribution in [2.75, 3.05) is 32.5 Å². The van der Waals surface area contributed by atoms with Gasteiger partial charge in [0, 0.05) is 45.6 Å². The molecular weight excluding hydrogens is 394 g/mol. The molecular formula is C18H33N7O3S. The quantitative estimate of drug-likeness (QED) is 0.388. The molecule has 2 aliphatic heterocycles. The van der Waals surface area contributed by atoms with E-state index in [1.807, 2.05) is 11.6 Å². The highest BCUT2D eigenvalue weighted by atomic mass is 32.2. The van der Waals surface area contributed by atoms with E-state index in [-0.39, 0.29) is 24.4 Å². The normalized spacial score (nSPS) is 22.9. The van der Waals surface area contributed by atoms with Gasteiger partial charge in [-0.05, 0) is 25.7 Å². The number of hydrogen-bond acceptors (Lipinski definition) is 6. The Morgan fingerprint density at radius 3 is 2.93 bits per heavy atom. The maximum Gasteiger partial charge on any atom is 0.213 e. The number of rotatable bonds is 8. The lowest BCUT2D eigenvalue weighted by molar-refractivity contribution is 0.0200. The Labute approximate surface area is 173 Å². The molecule has 1 aromatic heterocycles. The fourth-order valence-corrected chi connectivity index (χ4v) is 4.54. The summed E-state index contributed by atoms with van der Waals surface area (Å²) >= 11 is 0. The van der Waals surface area contributed by atoms with Gasteiger partial charge in [0.1, 0.15) is 5.82 Å². The summed E-state index contributed by atoms with van der Waals surface area (Å²) < 4.78 is 34.6. The SMILES string of the molecule is CCc1nc2n(n1)CC(NC(=NC)NCCS(=O)(=O)NCC1CCCCO1)CC2. The highest BCUT2D eigenvalue weighted by molar-refractivity contribution is 7.89. The van der Waals surface area contributed by atoms with Gasteiger partial charge in [0.25, 0.3) is 0 Å². The summed E-state index contributed by atoms with van der Waals surface area (Å²) in [5, 5.41) is 11.0. The molecule has 11 heteroatoms. The molecule has 0 spiro atoms. The molecule has 1 saturated heterocycles. The number of guanidine groups is 1. The van der Waals surface area contributed by atoms with Crippen molar-refractivity contribution in [1.82, 2.24) is 30.1 Å². The van der Waals surface area contributed by atoms with E-state index >= 15 is 0 Å². The van der Waals surface area contributed by atoms with Crippen LogP contribution in [0.25, 0.3) is 0 Å². The largest absolute Gasteiger partial charge is 0.377 e. The topological polar surface area (TPSA) is 123 Å². The number of aliphatic imine (C=N–C) groups is 1. The molecule has 10 nitrogen and oxygen atoms in total. The molecule has 164 valence electrons. The molecule has 29 heavy (non-hydrogen) atoms. The van der Waals surface area contributed by atoms with Gasteiger partial charge >= 0.3 is 0 Å². The lowest BCUT2D eigenvalue weighted by Gasteiger charge is -2.25. The van der Waals surface area contributed by atoms with Gasteiger partial charge in [-0.3, -0.25) is 4.99 Å². The highest BCUT2D eigenvalue weighted by Crippen LogP contribution is 2.13. The standard InChI is InChI=1S/C18H33N7O3S/c1-3-16-23-17-8-7-14(13-25(17)24-16)22-18(19-2)20-9-11-29(26,27)21-12-15-6-4-5-10-28-15/h14-15,21H,3-13H2,1-2H3,(H2,19,20,22). The van der Waals surface area contributed by atoms with Crippen molar-refractivity contribution in [2.24, 2.45) is 4.99 Å². The van der Waals surface area contributed by atoms with E-state index in [2.05, 4.69) is 30.4 Å². The summed E-state index contributed by atoms with van der Waals surface area (Å²) in [5.74, 6) is 2.49. The van der Waals surface area contributed by atoms with Gasteiger partial charge in [-0.1, -0.05) is 6.92 Å². The zero-order valence-corrected chi connectivity index (χ0v) is 18.2. The lowest BCUT2D eigenvalue weighted by Crippen LogP contribution is -2.48. The van der Waals surface area contributed by atoms with Gasteiger partial charge in [0.15, 0.2) is 11.8 Å². The van der Waals surface area contributed by atoms with E-state index in [4.69, 9.17) is 4.74 Å². The second-order valence-electron chi connectivity index (χ2n) is 7.51. The Kier molecular flexibility index (Phi) is 7.84. The Bertz CT molecular complexity index is 787. The molecule has 0 aliphatic carbocycles. The Morgan fingerprint density at radius 1 is 1.34 bits per heavy atom.